The highest BCUT2D eigenvalue weighted by Crippen LogP contribution is 2.65. The number of fused-ring (bicyclic) bond motifs is 11. The number of para-hydroxylation sites is 2. The third kappa shape index (κ3) is 5.20. The van der Waals surface area contributed by atoms with Gasteiger partial charge in [-0.25, -0.2) is 0 Å². The molecular weight excluding hydrogens is 725 g/mol. The fourth-order valence-electron chi connectivity index (χ4n) is 11.0. The van der Waals surface area contributed by atoms with Crippen LogP contribution in [0.2, 0.25) is 0 Å². The maximum atomic E-state index is 2.51. The van der Waals surface area contributed by atoms with E-state index in [-0.39, 0.29) is 0 Å². The van der Waals surface area contributed by atoms with Crippen LogP contribution in [-0.2, 0) is 11.8 Å². The van der Waals surface area contributed by atoms with E-state index in [0.29, 0.717) is 11.8 Å². The average Bonchev–Trinajstić information content (AvgIpc) is 4.01. The van der Waals surface area contributed by atoms with E-state index in [9.17, 15) is 0 Å². The van der Waals surface area contributed by atoms with Gasteiger partial charge in [-0.3, -0.25) is 0 Å². The highest BCUT2D eigenvalue weighted by molar-refractivity contribution is 6.01. The molecule has 0 bridgehead atoms. The lowest BCUT2D eigenvalue weighted by molar-refractivity contribution is 0.476. The predicted molar refractivity (Wildman–Crippen MR) is 250 cm³/mol. The largest absolute Gasteiger partial charge is 0.310 e. The Bertz CT molecular complexity index is 2980. The minimum atomic E-state index is -0.516. The van der Waals surface area contributed by atoms with Crippen molar-refractivity contribution in [2.45, 2.75) is 24.7 Å². The Labute approximate surface area is 353 Å². The van der Waals surface area contributed by atoms with Crippen molar-refractivity contribution in [2.75, 3.05) is 9.80 Å². The van der Waals surface area contributed by atoms with Crippen molar-refractivity contribution in [3.05, 3.63) is 251 Å². The number of rotatable bonds is 7. The second kappa shape index (κ2) is 14.0. The zero-order valence-electron chi connectivity index (χ0n) is 33.5. The van der Waals surface area contributed by atoms with Gasteiger partial charge in [-0.1, -0.05) is 164 Å². The molecule has 0 heterocycles. The average molecular weight is 769 g/mol. The topological polar surface area (TPSA) is 6.48 Å². The SMILES string of the molecule is C1=CCC(C2C=CC(N(c3ccccc3)c3cccc4c3-c3ccccc3C43c4ccccc4-c4ccc(N(c5ccccc5)c5cccc6c5CC=C6)cc43)=CC2)C=C1. The predicted octanol–water partition coefficient (Wildman–Crippen LogP) is 14.8. The van der Waals surface area contributed by atoms with E-state index >= 15 is 0 Å². The van der Waals surface area contributed by atoms with E-state index < -0.39 is 5.41 Å². The molecule has 7 aromatic carbocycles. The fourth-order valence-corrected chi connectivity index (χ4v) is 11.0. The Morgan fingerprint density at radius 3 is 1.88 bits per heavy atom. The summed E-state index contributed by atoms with van der Waals surface area (Å²) in [7, 11) is 0. The van der Waals surface area contributed by atoms with E-state index in [0.717, 1.165) is 36.3 Å². The first-order valence-corrected chi connectivity index (χ1v) is 21.5. The number of allylic oxidation sites excluding steroid dienone is 8. The third-order valence-electron chi connectivity index (χ3n) is 13.6. The molecule has 12 rings (SSSR count). The van der Waals surface area contributed by atoms with Crippen molar-refractivity contribution < 1.29 is 0 Å². The van der Waals surface area contributed by atoms with Crippen molar-refractivity contribution in [1.82, 2.24) is 0 Å². The molecule has 0 saturated heterocycles. The minimum Gasteiger partial charge on any atom is -0.310 e. The summed E-state index contributed by atoms with van der Waals surface area (Å²) in [6.45, 7) is 0. The first kappa shape index (κ1) is 34.8. The first-order valence-electron chi connectivity index (χ1n) is 21.5. The summed E-state index contributed by atoms with van der Waals surface area (Å²) in [5, 5.41) is 0. The van der Waals surface area contributed by atoms with E-state index in [4.69, 9.17) is 0 Å². The summed E-state index contributed by atoms with van der Waals surface area (Å²) in [5.74, 6) is 1.02. The molecule has 1 spiro atoms. The molecule has 0 aliphatic heterocycles. The van der Waals surface area contributed by atoms with Gasteiger partial charge in [0.15, 0.2) is 0 Å². The van der Waals surface area contributed by atoms with Crippen molar-refractivity contribution in [1.29, 1.82) is 0 Å². The van der Waals surface area contributed by atoms with E-state index in [1.54, 1.807) is 0 Å². The summed E-state index contributed by atoms with van der Waals surface area (Å²) in [6, 6.07) is 61.3. The molecule has 3 unspecified atom stereocenters. The summed E-state index contributed by atoms with van der Waals surface area (Å²) >= 11 is 0. The molecule has 0 saturated carbocycles. The molecule has 0 amide bonds. The lowest BCUT2D eigenvalue weighted by atomic mass is 9.70. The second-order valence-electron chi connectivity index (χ2n) is 16.7. The highest BCUT2D eigenvalue weighted by Gasteiger charge is 2.52. The molecule has 3 atom stereocenters. The van der Waals surface area contributed by atoms with Crippen LogP contribution in [-0.4, -0.2) is 0 Å². The molecule has 5 aliphatic carbocycles. The van der Waals surface area contributed by atoms with Crippen LogP contribution in [0, 0.1) is 11.8 Å². The zero-order valence-corrected chi connectivity index (χ0v) is 33.5. The van der Waals surface area contributed by atoms with Crippen LogP contribution in [0.25, 0.3) is 28.3 Å². The lowest BCUT2D eigenvalue weighted by Gasteiger charge is -2.34. The van der Waals surface area contributed by atoms with Crippen molar-refractivity contribution in [3.8, 4) is 22.3 Å². The van der Waals surface area contributed by atoms with Gasteiger partial charge in [-0.2, -0.15) is 0 Å². The fraction of sp³-hybridized carbons (Fsp3) is 0.103. The van der Waals surface area contributed by atoms with Gasteiger partial charge in [0.1, 0.15) is 0 Å². The number of hydrogen-bond acceptors (Lipinski definition) is 2. The minimum absolute atomic E-state index is 0.488. The zero-order chi connectivity index (χ0) is 39.6. The van der Waals surface area contributed by atoms with Crippen LogP contribution in [0.15, 0.2) is 218 Å². The summed E-state index contributed by atoms with van der Waals surface area (Å²) in [6.07, 6.45) is 24.0. The van der Waals surface area contributed by atoms with Gasteiger partial charge in [0.05, 0.1) is 16.8 Å². The molecule has 286 valence electrons. The van der Waals surface area contributed by atoms with Gasteiger partial charge < -0.3 is 9.80 Å². The number of nitrogens with zero attached hydrogens (tertiary/aromatic N) is 2. The molecule has 60 heavy (non-hydrogen) atoms. The van der Waals surface area contributed by atoms with Crippen LogP contribution in [0.5, 0.6) is 0 Å². The Kier molecular flexibility index (Phi) is 8.13. The molecule has 2 nitrogen and oxygen atoms in total. The lowest BCUT2D eigenvalue weighted by Crippen LogP contribution is -2.26. The summed E-state index contributed by atoms with van der Waals surface area (Å²) in [4.78, 5) is 4.99. The van der Waals surface area contributed by atoms with Crippen LogP contribution < -0.4 is 9.80 Å². The number of benzene rings is 7. The van der Waals surface area contributed by atoms with Gasteiger partial charge in [-0.05, 0) is 136 Å². The van der Waals surface area contributed by atoms with Crippen molar-refractivity contribution in [3.63, 3.8) is 0 Å². The summed E-state index contributed by atoms with van der Waals surface area (Å²) < 4.78 is 0. The Balaban J connectivity index is 1.08. The molecule has 2 heteroatoms. The van der Waals surface area contributed by atoms with Crippen molar-refractivity contribution in [2.24, 2.45) is 11.8 Å². The van der Waals surface area contributed by atoms with Gasteiger partial charge in [0, 0.05) is 28.3 Å². The van der Waals surface area contributed by atoms with E-state index in [2.05, 4.69) is 228 Å². The van der Waals surface area contributed by atoms with E-state index in [1.807, 2.05) is 0 Å². The molecule has 7 aromatic rings. The van der Waals surface area contributed by atoms with Crippen LogP contribution in [0.4, 0.5) is 28.4 Å². The molecule has 0 radical (unpaired) electrons. The van der Waals surface area contributed by atoms with Gasteiger partial charge in [-0.15, -0.1) is 0 Å². The van der Waals surface area contributed by atoms with Crippen LogP contribution in [0.1, 0.15) is 46.2 Å². The molecule has 0 fully saturated rings. The number of anilines is 5. The number of hydrogen-bond donors (Lipinski definition) is 0. The van der Waals surface area contributed by atoms with Gasteiger partial charge in [0.25, 0.3) is 0 Å². The van der Waals surface area contributed by atoms with Gasteiger partial charge in [0.2, 0.25) is 0 Å². The van der Waals surface area contributed by atoms with Crippen LogP contribution in [0.3, 0.4) is 0 Å². The smallest absolute Gasteiger partial charge is 0.0727 e. The van der Waals surface area contributed by atoms with Crippen LogP contribution >= 0.6 is 0 Å². The normalized spacial score (nSPS) is 19.7. The Morgan fingerprint density at radius 2 is 1.12 bits per heavy atom. The van der Waals surface area contributed by atoms with Crippen molar-refractivity contribution >= 4 is 34.5 Å². The molecular formula is C58H44N2. The Morgan fingerprint density at radius 1 is 0.450 bits per heavy atom. The molecule has 0 N–H and O–H groups in total. The Hall–Kier alpha value is -7.16. The first-order chi connectivity index (χ1) is 29.8. The van der Waals surface area contributed by atoms with E-state index in [1.165, 1.54) is 72.7 Å². The molecule has 5 aliphatic rings. The molecule has 0 aromatic heterocycles. The maximum Gasteiger partial charge on any atom is 0.0727 e. The highest BCUT2D eigenvalue weighted by atomic mass is 15.2. The van der Waals surface area contributed by atoms with Gasteiger partial charge >= 0.3 is 0 Å². The maximum absolute atomic E-state index is 2.51. The second-order valence-corrected chi connectivity index (χ2v) is 16.7. The quantitative estimate of drug-likeness (QED) is 0.159. The standard InChI is InChI=1S/C58H44N2/c1-4-17-40(18-5-1)41-33-35-45(36-34-41)59(43-21-6-2-7-22-43)56-32-16-30-53-57(56)50-26-11-13-29-52(50)58(53)51-28-12-10-25-48(51)49-38-37-46(39-54(49)58)60(44-23-8-3-9-24-44)55-31-15-20-42-19-14-27-47(42)55/h1-17,19-26,28-33,35-41H,18,27,34H2. The summed E-state index contributed by atoms with van der Waals surface area (Å²) in [5.41, 5.74) is 19.8. The third-order valence-corrected chi connectivity index (χ3v) is 13.6. The monoisotopic (exact) mass is 768 g/mol.